The molecule has 2 aromatic rings. The lowest BCUT2D eigenvalue weighted by Gasteiger charge is -2.09. The molecule has 0 saturated carbocycles. The fraction of sp³-hybridized carbons (Fsp3) is 0.235. The van der Waals surface area contributed by atoms with Crippen LogP contribution in [0.15, 0.2) is 36.4 Å². The van der Waals surface area contributed by atoms with Gasteiger partial charge in [0.2, 0.25) is 11.7 Å². The van der Waals surface area contributed by atoms with Crippen LogP contribution < -0.4 is 14.8 Å². The van der Waals surface area contributed by atoms with E-state index in [1.165, 1.54) is 20.3 Å². The average molecular weight is 348 g/mol. The summed E-state index contributed by atoms with van der Waals surface area (Å²) in [5.74, 6) is -0.0676. The van der Waals surface area contributed by atoms with Gasteiger partial charge in [-0.05, 0) is 36.2 Å². The molecule has 7 nitrogen and oxygen atoms in total. The summed E-state index contributed by atoms with van der Waals surface area (Å²) in [6.07, 6.45) is 0.560. The molecular formula is C17H17FN2O5. The number of aryl methyl sites for hydroxylation is 1. The standard InChI is InChI=1S/C17H17FN2O5/c1-24-13-7-11(8-14(10-13)25-2)3-6-17(21)19-12-4-5-15(18)16(9-12)20(22)23/h4-5,7-10H,3,6H2,1-2H3,(H,19,21). The first-order valence-corrected chi connectivity index (χ1v) is 7.38. The molecule has 0 bridgehead atoms. The maximum Gasteiger partial charge on any atom is 0.306 e. The molecule has 0 aromatic heterocycles. The Balaban J connectivity index is 2.02. The molecule has 8 heteroatoms. The number of nitrogens with zero attached hydrogens (tertiary/aromatic N) is 1. The van der Waals surface area contributed by atoms with E-state index in [9.17, 15) is 19.3 Å². The minimum absolute atomic E-state index is 0.140. The van der Waals surface area contributed by atoms with Crippen LogP contribution in [0, 0.1) is 15.9 Å². The number of carbonyl (C=O) groups is 1. The molecule has 1 N–H and O–H groups in total. The average Bonchev–Trinajstić information content (AvgIpc) is 2.61. The smallest absolute Gasteiger partial charge is 0.306 e. The highest BCUT2D eigenvalue weighted by Gasteiger charge is 2.15. The van der Waals surface area contributed by atoms with Crippen LogP contribution in [0.3, 0.4) is 0 Å². The molecule has 0 aliphatic carbocycles. The zero-order valence-corrected chi connectivity index (χ0v) is 13.7. The predicted octanol–water partition coefficient (Wildman–Crippen LogP) is 3.32. The van der Waals surface area contributed by atoms with Crippen molar-refractivity contribution < 1.29 is 23.6 Å². The number of benzene rings is 2. The Morgan fingerprint density at radius 1 is 1.16 bits per heavy atom. The third-order valence-electron chi connectivity index (χ3n) is 3.48. The fourth-order valence-electron chi connectivity index (χ4n) is 2.22. The molecule has 0 aliphatic rings. The van der Waals surface area contributed by atoms with E-state index in [0.717, 1.165) is 17.7 Å². The maximum atomic E-state index is 13.3. The molecule has 0 aliphatic heterocycles. The number of amides is 1. The Bertz CT molecular complexity index is 772. The van der Waals surface area contributed by atoms with E-state index in [1.54, 1.807) is 18.2 Å². The lowest BCUT2D eigenvalue weighted by molar-refractivity contribution is -0.387. The molecule has 25 heavy (non-hydrogen) atoms. The van der Waals surface area contributed by atoms with Crippen molar-refractivity contribution in [2.24, 2.45) is 0 Å². The quantitative estimate of drug-likeness (QED) is 0.612. The van der Waals surface area contributed by atoms with Crippen LogP contribution in [0.25, 0.3) is 0 Å². The number of rotatable bonds is 7. The number of nitrogens with one attached hydrogen (secondary N) is 1. The summed E-state index contributed by atoms with van der Waals surface area (Å²) >= 11 is 0. The van der Waals surface area contributed by atoms with Crippen molar-refractivity contribution in [3.8, 4) is 11.5 Å². The summed E-state index contributed by atoms with van der Waals surface area (Å²) < 4.78 is 23.6. The molecule has 1 amide bonds. The molecule has 0 radical (unpaired) electrons. The van der Waals surface area contributed by atoms with Gasteiger partial charge in [0.25, 0.3) is 0 Å². The number of hydrogen-bond donors (Lipinski definition) is 1. The Kier molecular flexibility index (Phi) is 5.89. The normalized spacial score (nSPS) is 10.2. The first-order chi connectivity index (χ1) is 11.9. The Labute approximate surface area is 143 Å². The molecule has 0 saturated heterocycles. The minimum atomic E-state index is -0.952. The number of halogens is 1. The number of carbonyl (C=O) groups excluding carboxylic acids is 1. The largest absolute Gasteiger partial charge is 0.497 e. The van der Waals surface area contributed by atoms with Crippen molar-refractivity contribution in [3.05, 3.63) is 57.9 Å². The van der Waals surface area contributed by atoms with E-state index in [4.69, 9.17) is 9.47 Å². The number of anilines is 1. The molecule has 0 spiro atoms. The molecule has 0 atom stereocenters. The number of hydrogen-bond acceptors (Lipinski definition) is 5. The lowest BCUT2D eigenvalue weighted by Crippen LogP contribution is -2.12. The zero-order chi connectivity index (χ0) is 18.4. The highest BCUT2D eigenvalue weighted by Crippen LogP contribution is 2.24. The van der Waals surface area contributed by atoms with Gasteiger partial charge in [-0.3, -0.25) is 14.9 Å². The van der Waals surface area contributed by atoms with E-state index >= 15 is 0 Å². The van der Waals surface area contributed by atoms with Gasteiger partial charge < -0.3 is 14.8 Å². The van der Waals surface area contributed by atoms with Crippen LogP contribution in [0.5, 0.6) is 11.5 Å². The molecule has 2 aromatic carbocycles. The van der Waals surface area contributed by atoms with Crippen LogP contribution in [0.4, 0.5) is 15.8 Å². The van der Waals surface area contributed by atoms with Crippen molar-refractivity contribution in [3.63, 3.8) is 0 Å². The number of nitro groups is 1. The maximum absolute atomic E-state index is 13.3. The molecule has 0 unspecified atom stereocenters. The topological polar surface area (TPSA) is 90.7 Å². The summed E-state index contributed by atoms with van der Waals surface area (Å²) in [5.41, 5.74) is 0.327. The van der Waals surface area contributed by atoms with Crippen molar-refractivity contribution in [2.45, 2.75) is 12.8 Å². The van der Waals surface area contributed by atoms with E-state index in [0.29, 0.717) is 17.9 Å². The van der Waals surface area contributed by atoms with Crippen molar-refractivity contribution >= 4 is 17.3 Å². The number of ether oxygens (including phenoxy) is 2. The van der Waals surface area contributed by atoms with Crippen molar-refractivity contribution in [1.29, 1.82) is 0 Å². The second-order valence-corrected chi connectivity index (χ2v) is 5.19. The van der Waals surface area contributed by atoms with Gasteiger partial charge in [-0.1, -0.05) is 0 Å². The van der Waals surface area contributed by atoms with Crippen LogP contribution in [0.1, 0.15) is 12.0 Å². The van der Waals surface area contributed by atoms with Gasteiger partial charge >= 0.3 is 5.69 Å². The van der Waals surface area contributed by atoms with Crippen LogP contribution in [-0.4, -0.2) is 25.1 Å². The number of methoxy groups -OCH3 is 2. The molecule has 0 fully saturated rings. The Hall–Kier alpha value is -3.16. The second-order valence-electron chi connectivity index (χ2n) is 5.19. The fourth-order valence-corrected chi connectivity index (χ4v) is 2.22. The van der Waals surface area contributed by atoms with Gasteiger partial charge in [0.15, 0.2) is 0 Å². The van der Waals surface area contributed by atoms with Gasteiger partial charge in [-0.2, -0.15) is 4.39 Å². The summed E-state index contributed by atoms with van der Waals surface area (Å²) in [6, 6.07) is 8.51. The highest BCUT2D eigenvalue weighted by molar-refractivity contribution is 5.91. The van der Waals surface area contributed by atoms with E-state index in [1.807, 2.05) is 0 Å². The SMILES string of the molecule is COc1cc(CCC(=O)Nc2ccc(F)c([N+](=O)[O-])c2)cc(OC)c1. The second kappa shape index (κ2) is 8.09. The van der Waals surface area contributed by atoms with Gasteiger partial charge in [-0.25, -0.2) is 0 Å². The predicted molar refractivity (Wildman–Crippen MR) is 89.6 cm³/mol. The Morgan fingerprint density at radius 2 is 1.80 bits per heavy atom. The van der Waals surface area contributed by atoms with Gasteiger partial charge in [0, 0.05) is 24.2 Å². The molecule has 132 valence electrons. The summed E-state index contributed by atoms with van der Waals surface area (Å²) in [6.45, 7) is 0. The highest BCUT2D eigenvalue weighted by atomic mass is 19.1. The zero-order valence-electron chi connectivity index (χ0n) is 13.7. The van der Waals surface area contributed by atoms with Gasteiger partial charge in [0.1, 0.15) is 11.5 Å². The van der Waals surface area contributed by atoms with Gasteiger partial charge in [0.05, 0.1) is 19.1 Å². The van der Waals surface area contributed by atoms with Crippen LogP contribution in [-0.2, 0) is 11.2 Å². The van der Waals surface area contributed by atoms with E-state index in [-0.39, 0.29) is 18.0 Å². The van der Waals surface area contributed by atoms with Crippen molar-refractivity contribution in [2.75, 3.05) is 19.5 Å². The van der Waals surface area contributed by atoms with Crippen molar-refractivity contribution in [1.82, 2.24) is 0 Å². The van der Waals surface area contributed by atoms with E-state index in [2.05, 4.69) is 5.32 Å². The summed E-state index contributed by atoms with van der Waals surface area (Å²) in [7, 11) is 3.07. The van der Waals surface area contributed by atoms with Crippen LogP contribution in [0.2, 0.25) is 0 Å². The first-order valence-electron chi connectivity index (χ1n) is 7.38. The third kappa shape index (κ3) is 4.90. The molecular weight excluding hydrogens is 331 g/mol. The minimum Gasteiger partial charge on any atom is -0.497 e. The van der Waals surface area contributed by atoms with Crippen LogP contribution >= 0.6 is 0 Å². The van der Waals surface area contributed by atoms with E-state index < -0.39 is 16.4 Å². The Morgan fingerprint density at radius 3 is 2.36 bits per heavy atom. The summed E-state index contributed by atoms with van der Waals surface area (Å²) in [5, 5.41) is 13.2. The monoisotopic (exact) mass is 348 g/mol. The molecule has 2 rings (SSSR count). The summed E-state index contributed by atoms with van der Waals surface area (Å²) in [4.78, 5) is 21.9. The molecule has 0 heterocycles. The number of nitro benzene ring substituents is 1. The van der Waals surface area contributed by atoms with Gasteiger partial charge in [-0.15, -0.1) is 0 Å². The third-order valence-corrected chi connectivity index (χ3v) is 3.48. The lowest BCUT2D eigenvalue weighted by atomic mass is 10.1. The first kappa shape index (κ1) is 18.2.